The van der Waals surface area contributed by atoms with Gasteiger partial charge in [-0.25, -0.2) is 4.98 Å². The van der Waals surface area contributed by atoms with Gasteiger partial charge in [0.25, 0.3) is 0 Å². The van der Waals surface area contributed by atoms with E-state index in [0.717, 1.165) is 22.8 Å². The van der Waals surface area contributed by atoms with Crippen molar-refractivity contribution in [1.82, 2.24) is 4.98 Å². The van der Waals surface area contributed by atoms with Crippen LogP contribution in [0.15, 0.2) is 54.6 Å². The van der Waals surface area contributed by atoms with Gasteiger partial charge in [-0.15, -0.1) is 0 Å². The van der Waals surface area contributed by atoms with Crippen molar-refractivity contribution in [2.24, 2.45) is 0 Å². The Balaban J connectivity index is 1.71. The molecule has 0 amide bonds. The Bertz CT molecular complexity index is 1000. The summed E-state index contributed by atoms with van der Waals surface area (Å²) in [6.07, 6.45) is 2.32. The van der Waals surface area contributed by atoms with Gasteiger partial charge in [-0.2, -0.15) is 0 Å². The third-order valence-corrected chi connectivity index (χ3v) is 5.29. The molecule has 3 aromatic carbocycles. The number of hydrogen-bond acceptors (Lipinski definition) is 3. The van der Waals surface area contributed by atoms with Crippen molar-refractivity contribution in [3.63, 3.8) is 0 Å². The number of fused-ring (bicyclic) bond motifs is 2. The van der Waals surface area contributed by atoms with Crippen molar-refractivity contribution >= 4 is 43.1 Å². The fourth-order valence-corrected chi connectivity index (χ4v) is 4.37. The van der Waals surface area contributed by atoms with Gasteiger partial charge in [0.15, 0.2) is 5.13 Å². The monoisotopic (exact) mass is 302 g/mol. The molecule has 0 bridgehead atoms. The molecular formula is C19H14N2S. The zero-order valence-corrected chi connectivity index (χ0v) is 12.8. The van der Waals surface area contributed by atoms with Gasteiger partial charge < -0.3 is 5.32 Å². The van der Waals surface area contributed by atoms with Crippen LogP contribution in [0.5, 0.6) is 0 Å². The highest BCUT2D eigenvalue weighted by Gasteiger charge is 2.18. The van der Waals surface area contributed by atoms with E-state index in [1.54, 1.807) is 11.3 Å². The predicted octanol–water partition coefficient (Wildman–Crippen LogP) is 5.29. The molecule has 0 unspecified atom stereocenters. The summed E-state index contributed by atoms with van der Waals surface area (Å²) in [5.41, 5.74) is 5.16. The average Bonchev–Trinajstić information content (AvgIpc) is 3.14. The highest BCUT2D eigenvalue weighted by Crippen LogP contribution is 2.39. The number of aryl methyl sites for hydroxylation is 2. The summed E-state index contributed by atoms with van der Waals surface area (Å²) < 4.78 is 1.28. The van der Waals surface area contributed by atoms with E-state index in [9.17, 15) is 0 Å². The Morgan fingerprint density at radius 2 is 1.77 bits per heavy atom. The number of anilines is 2. The van der Waals surface area contributed by atoms with Crippen LogP contribution in [0.3, 0.4) is 0 Å². The fourth-order valence-electron chi connectivity index (χ4n) is 3.40. The summed E-state index contributed by atoms with van der Waals surface area (Å²) in [7, 11) is 0. The number of nitrogens with one attached hydrogen (secondary N) is 1. The Hall–Kier alpha value is -2.39. The molecule has 22 heavy (non-hydrogen) atoms. The standard InChI is InChI=1S/C19H14N2S/c1-2-6-14(7-3-1)20-19-21-18-15-8-4-5-12-9-10-13(17(12)15)11-16(18)22-19/h1-8,11H,9-10H2,(H,20,21). The maximum Gasteiger partial charge on any atom is 0.188 e. The van der Waals surface area contributed by atoms with Gasteiger partial charge >= 0.3 is 0 Å². The molecule has 4 aromatic rings. The van der Waals surface area contributed by atoms with Crippen LogP contribution in [0, 0.1) is 0 Å². The summed E-state index contributed by atoms with van der Waals surface area (Å²) in [6.45, 7) is 0. The average molecular weight is 302 g/mol. The van der Waals surface area contributed by atoms with Crippen LogP contribution in [0.25, 0.3) is 21.0 Å². The molecule has 0 saturated carbocycles. The number of aromatic nitrogens is 1. The van der Waals surface area contributed by atoms with E-state index >= 15 is 0 Å². The summed E-state index contributed by atoms with van der Waals surface area (Å²) >= 11 is 1.74. The topological polar surface area (TPSA) is 24.9 Å². The van der Waals surface area contributed by atoms with Crippen molar-refractivity contribution < 1.29 is 0 Å². The summed E-state index contributed by atoms with van der Waals surface area (Å²) in [5.74, 6) is 0. The second-order valence-corrected chi connectivity index (χ2v) is 6.76. The first-order valence-corrected chi connectivity index (χ1v) is 8.36. The van der Waals surface area contributed by atoms with Crippen molar-refractivity contribution in [1.29, 1.82) is 0 Å². The van der Waals surface area contributed by atoms with E-state index < -0.39 is 0 Å². The molecule has 0 atom stereocenters. The van der Waals surface area contributed by atoms with E-state index in [1.807, 2.05) is 18.2 Å². The lowest BCUT2D eigenvalue weighted by Crippen LogP contribution is -1.87. The van der Waals surface area contributed by atoms with Gasteiger partial charge in [-0.05, 0) is 47.6 Å². The minimum Gasteiger partial charge on any atom is -0.332 e. The molecule has 3 heteroatoms. The van der Waals surface area contributed by atoms with Crippen LogP contribution in [0.4, 0.5) is 10.8 Å². The Labute approximate surface area is 132 Å². The van der Waals surface area contributed by atoms with E-state index in [2.05, 4.69) is 41.7 Å². The molecule has 1 aromatic heterocycles. The van der Waals surface area contributed by atoms with Gasteiger partial charge in [-0.3, -0.25) is 0 Å². The van der Waals surface area contributed by atoms with Crippen LogP contribution in [-0.4, -0.2) is 4.98 Å². The number of hydrogen-bond donors (Lipinski definition) is 1. The van der Waals surface area contributed by atoms with E-state index in [1.165, 1.54) is 33.0 Å². The number of thiazole rings is 1. The molecule has 0 radical (unpaired) electrons. The zero-order chi connectivity index (χ0) is 14.5. The quantitative estimate of drug-likeness (QED) is 0.544. The van der Waals surface area contributed by atoms with Crippen LogP contribution in [-0.2, 0) is 12.8 Å². The molecule has 2 nitrogen and oxygen atoms in total. The Morgan fingerprint density at radius 3 is 2.68 bits per heavy atom. The van der Waals surface area contributed by atoms with Gasteiger partial charge in [0.1, 0.15) is 0 Å². The molecule has 0 spiro atoms. The summed E-state index contributed by atoms with van der Waals surface area (Å²) in [5, 5.41) is 7.12. The maximum absolute atomic E-state index is 4.85. The van der Waals surface area contributed by atoms with Crippen molar-refractivity contribution in [3.05, 3.63) is 65.7 Å². The minimum atomic E-state index is 0.964. The second-order valence-electron chi connectivity index (χ2n) is 5.73. The van der Waals surface area contributed by atoms with Crippen molar-refractivity contribution in [3.8, 4) is 0 Å². The largest absolute Gasteiger partial charge is 0.332 e. The first-order chi connectivity index (χ1) is 10.9. The lowest BCUT2D eigenvalue weighted by molar-refractivity contribution is 1.03. The first-order valence-electron chi connectivity index (χ1n) is 7.54. The highest BCUT2D eigenvalue weighted by molar-refractivity contribution is 7.22. The number of para-hydroxylation sites is 1. The number of benzene rings is 3. The van der Waals surface area contributed by atoms with E-state index in [-0.39, 0.29) is 0 Å². The van der Waals surface area contributed by atoms with Crippen LogP contribution >= 0.6 is 11.3 Å². The SMILES string of the molecule is c1ccc(Nc2nc3c(cc4c5c(cccc53)CC4)s2)cc1. The summed E-state index contributed by atoms with van der Waals surface area (Å²) in [4.78, 5) is 4.85. The third-order valence-electron chi connectivity index (χ3n) is 4.37. The normalized spacial score (nSPS) is 13.1. The van der Waals surface area contributed by atoms with Gasteiger partial charge in [-0.1, -0.05) is 47.7 Å². The second kappa shape index (κ2) is 4.55. The minimum absolute atomic E-state index is 0.964. The smallest absolute Gasteiger partial charge is 0.188 e. The third kappa shape index (κ3) is 1.76. The Kier molecular flexibility index (Phi) is 2.52. The van der Waals surface area contributed by atoms with Crippen LogP contribution in [0.2, 0.25) is 0 Å². The first kappa shape index (κ1) is 12.2. The fraction of sp³-hybridized carbons (Fsp3) is 0.105. The zero-order valence-electron chi connectivity index (χ0n) is 12.0. The van der Waals surface area contributed by atoms with E-state index in [4.69, 9.17) is 4.98 Å². The highest BCUT2D eigenvalue weighted by atomic mass is 32.1. The molecule has 106 valence electrons. The van der Waals surface area contributed by atoms with Gasteiger partial charge in [0.2, 0.25) is 0 Å². The molecule has 0 fully saturated rings. The van der Waals surface area contributed by atoms with Crippen molar-refractivity contribution in [2.75, 3.05) is 5.32 Å². The van der Waals surface area contributed by atoms with Gasteiger partial charge in [0.05, 0.1) is 10.2 Å². The maximum atomic E-state index is 4.85. The van der Waals surface area contributed by atoms with Crippen LogP contribution in [0.1, 0.15) is 11.1 Å². The Morgan fingerprint density at radius 1 is 0.909 bits per heavy atom. The molecule has 1 N–H and O–H groups in total. The molecule has 1 aliphatic rings. The van der Waals surface area contributed by atoms with E-state index in [0.29, 0.717) is 0 Å². The molecular weight excluding hydrogens is 288 g/mol. The number of nitrogens with zero attached hydrogens (tertiary/aromatic N) is 1. The van der Waals surface area contributed by atoms with Crippen molar-refractivity contribution in [2.45, 2.75) is 12.8 Å². The molecule has 5 rings (SSSR count). The summed E-state index contributed by atoms with van der Waals surface area (Å²) in [6, 6.07) is 19.2. The molecule has 1 heterocycles. The predicted molar refractivity (Wildman–Crippen MR) is 94.3 cm³/mol. The lowest BCUT2D eigenvalue weighted by Gasteiger charge is -2.02. The van der Waals surface area contributed by atoms with Gasteiger partial charge in [0, 0.05) is 11.1 Å². The van der Waals surface area contributed by atoms with Crippen LogP contribution < -0.4 is 5.32 Å². The molecule has 1 aliphatic carbocycles. The lowest BCUT2D eigenvalue weighted by atomic mass is 10.0. The number of rotatable bonds is 2. The molecule has 0 saturated heterocycles. The molecule has 0 aliphatic heterocycles.